The first-order chi connectivity index (χ1) is 4.79. The summed E-state index contributed by atoms with van der Waals surface area (Å²) in [5.41, 5.74) is 1.13. The van der Waals surface area contributed by atoms with Crippen LogP contribution in [0.25, 0.3) is 0 Å². The predicted molar refractivity (Wildman–Crippen MR) is 45.2 cm³/mol. The summed E-state index contributed by atoms with van der Waals surface area (Å²) in [5.74, 6) is 0. The van der Waals surface area contributed by atoms with Crippen LogP contribution in [0, 0.1) is 0 Å². The minimum atomic E-state index is 0.643. The van der Waals surface area contributed by atoms with Crippen molar-refractivity contribution in [3.05, 3.63) is 17.2 Å². The second-order valence-corrected chi connectivity index (χ2v) is 2.48. The Hall–Kier alpha value is -0.435. The van der Waals surface area contributed by atoms with Crippen LogP contribution in [0.1, 0.15) is 12.6 Å². The first-order valence-electron chi connectivity index (χ1n) is 3.49. The molecule has 0 unspecified atom stereocenters. The zero-order valence-corrected chi connectivity index (χ0v) is 7.02. The molecule has 0 atom stereocenters. The van der Waals surface area contributed by atoms with Crippen LogP contribution in [-0.4, -0.2) is 17.4 Å². The first-order valence-corrected chi connectivity index (χ1v) is 3.86. The van der Waals surface area contributed by atoms with E-state index in [0.29, 0.717) is 5.15 Å². The molecular weight excluding hydrogens is 146 g/mol. The van der Waals surface area contributed by atoms with Gasteiger partial charge in [-0.1, -0.05) is 11.6 Å². The van der Waals surface area contributed by atoms with Crippen molar-refractivity contribution in [2.45, 2.75) is 19.8 Å². The number of nitrogens with zero attached hydrogens (tertiary/aromatic N) is 2. The van der Waals surface area contributed by atoms with Crippen molar-refractivity contribution in [2.75, 3.05) is 0 Å². The quantitative estimate of drug-likeness (QED) is 0.576. The van der Waals surface area contributed by atoms with Crippen molar-refractivity contribution in [1.82, 2.24) is 9.55 Å². The monoisotopic (exact) mass is 156 g/mol. The van der Waals surface area contributed by atoms with Crippen LogP contribution in [0.15, 0.2) is 6.33 Å². The van der Waals surface area contributed by atoms with E-state index in [1.54, 1.807) is 6.33 Å². The summed E-state index contributed by atoms with van der Waals surface area (Å²) in [4.78, 5) is 3.99. The van der Waals surface area contributed by atoms with Gasteiger partial charge in [0.15, 0.2) is 0 Å². The summed E-state index contributed by atoms with van der Waals surface area (Å²) >= 11 is 5.79. The van der Waals surface area contributed by atoms with Gasteiger partial charge >= 0.3 is 0 Å². The highest BCUT2D eigenvalue weighted by atomic mass is 35.5. The molecule has 4 heteroatoms. The third-order valence-corrected chi connectivity index (χ3v) is 1.89. The minimum absolute atomic E-state index is 0.643. The maximum absolute atomic E-state index is 5.79. The molecule has 0 aliphatic carbocycles. The SMILES string of the molecule is BCc1c(Cl)ncn1CC. The summed E-state index contributed by atoms with van der Waals surface area (Å²) in [6.45, 7) is 3.03. The summed E-state index contributed by atoms with van der Waals surface area (Å²) < 4.78 is 2.06. The van der Waals surface area contributed by atoms with Gasteiger partial charge in [0.2, 0.25) is 0 Å². The Morgan fingerprint density at radius 3 is 2.90 bits per heavy atom. The van der Waals surface area contributed by atoms with Gasteiger partial charge in [-0.3, -0.25) is 0 Å². The molecule has 1 aromatic heterocycles. The lowest BCUT2D eigenvalue weighted by Gasteiger charge is -2.00. The van der Waals surface area contributed by atoms with Crippen LogP contribution >= 0.6 is 11.6 Å². The molecule has 54 valence electrons. The summed E-state index contributed by atoms with van der Waals surface area (Å²) in [6.07, 6.45) is 2.73. The standard InChI is InChI=1S/C6H10BClN2/c1-2-10-4-9-6(8)5(10)3-7/h4H,2-3,7H2,1H3. The Labute approximate surface area is 66.6 Å². The van der Waals surface area contributed by atoms with Crippen LogP contribution < -0.4 is 0 Å². The van der Waals surface area contributed by atoms with Crippen molar-refractivity contribution in [3.8, 4) is 0 Å². The van der Waals surface area contributed by atoms with E-state index in [1.807, 2.05) is 0 Å². The van der Waals surface area contributed by atoms with Crippen LogP contribution in [0.5, 0.6) is 0 Å². The zero-order valence-electron chi connectivity index (χ0n) is 6.26. The molecule has 0 spiro atoms. The molecule has 0 fully saturated rings. The van der Waals surface area contributed by atoms with Gasteiger partial charge in [0, 0.05) is 12.2 Å². The number of aromatic nitrogens is 2. The molecule has 0 bridgehead atoms. The van der Waals surface area contributed by atoms with E-state index in [9.17, 15) is 0 Å². The molecule has 2 nitrogen and oxygen atoms in total. The third kappa shape index (κ3) is 1.19. The highest BCUT2D eigenvalue weighted by Gasteiger charge is 2.03. The molecule has 0 saturated carbocycles. The van der Waals surface area contributed by atoms with Crippen molar-refractivity contribution < 1.29 is 0 Å². The molecule has 0 aliphatic rings. The van der Waals surface area contributed by atoms with Gasteiger partial charge in [-0.05, 0) is 13.2 Å². The van der Waals surface area contributed by atoms with Gasteiger partial charge in [0.05, 0.1) is 6.33 Å². The molecule has 0 aromatic carbocycles. The number of hydrogen-bond donors (Lipinski definition) is 0. The lowest BCUT2D eigenvalue weighted by molar-refractivity contribution is 0.733. The van der Waals surface area contributed by atoms with Crippen molar-refractivity contribution >= 4 is 19.4 Å². The van der Waals surface area contributed by atoms with E-state index in [4.69, 9.17) is 11.6 Å². The molecule has 0 N–H and O–H groups in total. The van der Waals surface area contributed by atoms with E-state index in [-0.39, 0.29) is 0 Å². The molecule has 1 heterocycles. The Balaban J connectivity index is 3.01. The molecule has 10 heavy (non-hydrogen) atoms. The van der Waals surface area contributed by atoms with Crippen LogP contribution in [-0.2, 0) is 12.9 Å². The van der Waals surface area contributed by atoms with Crippen LogP contribution in [0.2, 0.25) is 5.15 Å². The number of hydrogen-bond acceptors (Lipinski definition) is 1. The number of imidazole rings is 1. The molecule has 1 aromatic rings. The predicted octanol–water partition coefficient (Wildman–Crippen LogP) is 0.689. The Bertz CT molecular complexity index is 222. The second-order valence-electron chi connectivity index (χ2n) is 2.12. The fraction of sp³-hybridized carbons (Fsp3) is 0.500. The zero-order chi connectivity index (χ0) is 7.56. The van der Waals surface area contributed by atoms with Crippen molar-refractivity contribution in [1.29, 1.82) is 0 Å². The highest BCUT2D eigenvalue weighted by molar-refractivity contribution is 6.30. The lowest BCUT2D eigenvalue weighted by atomic mass is 10.0. The van der Waals surface area contributed by atoms with Gasteiger partial charge in [-0.15, -0.1) is 0 Å². The lowest BCUT2D eigenvalue weighted by Crippen LogP contribution is -1.98. The highest BCUT2D eigenvalue weighted by Crippen LogP contribution is 2.12. The number of halogens is 1. The van der Waals surface area contributed by atoms with Crippen molar-refractivity contribution in [3.63, 3.8) is 0 Å². The molecule has 0 aliphatic heterocycles. The molecule has 0 radical (unpaired) electrons. The minimum Gasteiger partial charge on any atom is -0.334 e. The fourth-order valence-electron chi connectivity index (χ4n) is 1.00. The third-order valence-electron chi connectivity index (χ3n) is 1.57. The van der Waals surface area contributed by atoms with E-state index >= 15 is 0 Å². The number of aryl methyl sites for hydroxylation is 1. The number of rotatable bonds is 2. The van der Waals surface area contributed by atoms with Crippen LogP contribution in [0.3, 0.4) is 0 Å². The topological polar surface area (TPSA) is 17.8 Å². The average Bonchev–Trinajstić information content (AvgIpc) is 2.30. The van der Waals surface area contributed by atoms with E-state index in [2.05, 4.69) is 24.3 Å². The van der Waals surface area contributed by atoms with Gasteiger partial charge in [-0.2, -0.15) is 0 Å². The van der Waals surface area contributed by atoms with Gasteiger partial charge in [-0.25, -0.2) is 4.98 Å². The Kier molecular flexibility index (Phi) is 2.38. The summed E-state index contributed by atoms with van der Waals surface area (Å²) in [5, 5.41) is 0.643. The Morgan fingerprint density at radius 1 is 1.80 bits per heavy atom. The maximum atomic E-state index is 5.79. The average molecular weight is 156 g/mol. The molecule has 1 rings (SSSR count). The molecule has 0 amide bonds. The van der Waals surface area contributed by atoms with Gasteiger partial charge in [0.1, 0.15) is 13.0 Å². The largest absolute Gasteiger partial charge is 0.334 e. The van der Waals surface area contributed by atoms with Crippen molar-refractivity contribution in [2.24, 2.45) is 0 Å². The smallest absolute Gasteiger partial charge is 0.149 e. The van der Waals surface area contributed by atoms with Gasteiger partial charge in [0.25, 0.3) is 0 Å². The summed E-state index contributed by atoms with van der Waals surface area (Å²) in [7, 11) is 2.08. The van der Waals surface area contributed by atoms with Crippen LogP contribution in [0.4, 0.5) is 0 Å². The van der Waals surface area contributed by atoms with E-state index in [1.165, 1.54) is 0 Å². The molecular formula is C6H10BClN2. The Morgan fingerprint density at radius 2 is 2.50 bits per heavy atom. The van der Waals surface area contributed by atoms with E-state index in [0.717, 1.165) is 18.6 Å². The summed E-state index contributed by atoms with van der Waals surface area (Å²) in [6, 6.07) is 0. The van der Waals surface area contributed by atoms with E-state index < -0.39 is 0 Å². The molecule has 0 saturated heterocycles. The van der Waals surface area contributed by atoms with Gasteiger partial charge < -0.3 is 4.57 Å². The second kappa shape index (κ2) is 3.10. The fourth-order valence-corrected chi connectivity index (χ4v) is 1.29. The first kappa shape index (κ1) is 7.67. The maximum Gasteiger partial charge on any atom is 0.149 e. The normalized spacial score (nSPS) is 10.2.